The van der Waals surface area contributed by atoms with Crippen molar-refractivity contribution in [2.75, 3.05) is 0 Å². The van der Waals surface area contributed by atoms with Gasteiger partial charge in [-0.3, -0.25) is 4.90 Å². The third kappa shape index (κ3) is 2.65. The number of hydrogen-bond acceptors (Lipinski definition) is 2. The standard InChI is InChI=1S/C15H20F2N2/c16-15(17)11-3-1-2-10(6-11)9-19-13-4-5-14(19)8-12(18)7-13/h1-3,6,12-15H,4-5,7-9,18H2. The molecule has 3 rings (SSSR count). The first-order valence-electron chi connectivity index (χ1n) is 7.02. The quantitative estimate of drug-likeness (QED) is 0.911. The van der Waals surface area contributed by atoms with E-state index in [4.69, 9.17) is 5.73 Å². The minimum Gasteiger partial charge on any atom is -0.328 e. The number of hydrogen-bond donors (Lipinski definition) is 1. The maximum absolute atomic E-state index is 12.7. The predicted molar refractivity (Wildman–Crippen MR) is 71.0 cm³/mol. The van der Waals surface area contributed by atoms with Crippen molar-refractivity contribution in [3.8, 4) is 0 Å². The Morgan fingerprint density at radius 2 is 1.89 bits per heavy atom. The van der Waals surface area contributed by atoms with Gasteiger partial charge in [-0.1, -0.05) is 18.2 Å². The van der Waals surface area contributed by atoms with E-state index in [-0.39, 0.29) is 5.56 Å². The molecule has 2 heterocycles. The summed E-state index contributed by atoms with van der Waals surface area (Å²) >= 11 is 0. The summed E-state index contributed by atoms with van der Waals surface area (Å²) in [6.07, 6.45) is 2.11. The van der Waals surface area contributed by atoms with E-state index >= 15 is 0 Å². The van der Waals surface area contributed by atoms with E-state index in [2.05, 4.69) is 4.90 Å². The molecule has 2 unspecified atom stereocenters. The second-order valence-electron chi connectivity index (χ2n) is 5.83. The number of benzene rings is 1. The Bertz CT molecular complexity index is 436. The van der Waals surface area contributed by atoms with Crippen LogP contribution in [0.25, 0.3) is 0 Å². The van der Waals surface area contributed by atoms with Gasteiger partial charge in [0, 0.05) is 30.2 Å². The van der Waals surface area contributed by atoms with E-state index < -0.39 is 6.43 Å². The van der Waals surface area contributed by atoms with E-state index in [0.717, 1.165) is 24.9 Å². The van der Waals surface area contributed by atoms with Crippen molar-refractivity contribution >= 4 is 0 Å². The van der Waals surface area contributed by atoms with Gasteiger partial charge in [0.05, 0.1) is 0 Å². The molecule has 2 saturated heterocycles. The second kappa shape index (κ2) is 5.17. The predicted octanol–water partition coefficient (Wildman–Crippen LogP) is 3.08. The minimum atomic E-state index is -2.38. The van der Waals surface area contributed by atoms with Crippen molar-refractivity contribution in [3.63, 3.8) is 0 Å². The van der Waals surface area contributed by atoms with Crippen LogP contribution >= 0.6 is 0 Å². The van der Waals surface area contributed by atoms with Gasteiger partial charge in [-0.15, -0.1) is 0 Å². The van der Waals surface area contributed by atoms with Crippen LogP contribution in [0.2, 0.25) is 0 Å². The molecule has 0 spiro atoms. The lowest BCUT2D eigenvalue weighted by Crippen LogP contribution is -2.46. The Labute approximate surface area is 112 Å². The summed E-state index contributed by atoms with van der Waals surface area (Å²) in [5.41, 5.74) is 7.16. The minimum absolute atomic E-state index is 0.124. The van der Waals surface area contributed by atoms with Gasteiger partial charge >= 0.3 is 0 Å². The van der Waals surface area contributed by atoms with Gasteiger partial charge < -0.3 is 5.73 Å². The highest BCUT2D eigenvalue weighted by Gasteiger charge is 2.39. The molecule has 2 atom stereocenters. The highest BCUT2D eigenvalue weighted by Crippen LogP contribution is 2.36. The molecule has 2 aliphatic rings. The Balaban J connectivity index is 1.73. The van der Waals surface area contributed by atoms with Crippen molar-refractivity contribution in [3.05, 3.63) is 35.4 Å². The van der Waals surface area contributed by atoms with E-state index in [9.17, 15) is 8.78 Å². The average Bonchev–Trinajstić information content (AvgIpc) is 2.62. The van der Waals surface area contributed by atoms with Gasteiger partial charge in [-0.05, 0) is 37.3 Å². The Morgan fingerprint density at radius 3 is 2.53 bits per heavy atom. The molecular formula is C15H20F2N2. The molecule has 0 saturated carbocycles. The zero-order valence-electron chi connectivity index (χ0n) is 10.9. The molecule has 104 valence electrons. The van der Waals surface area contributed by atoms with Crippen LogP contribution in [0.4, 0.5) is 8.78 Å². The first kappa shape index (κ1) is 13.0. The fourth-order valence-electron chi connectivity index (χ4n) is 3.61. The van der Waals surface area contributed by atoms with Crippen molar-refractivity contribution in [2.45, 2.75) is 56.8 Å². The zero-order chi connectivity index (χ0) is 13.4. The number of nitrogens with two attached hydrogens (primary N) is 1. The largest absolute Gasteiger partial charge is 0.328 e. The lowest BCUT2D eigenvalue weighted by atomic mass is 9.97. The third-order valence-electron chi connectivity index (χ3n) is 4.49. The molecule has 2 bridgehead atoms. The lowest BCUT2D eigenvalue weighted by molar-refractivity contribution is 0.119. The molecule has 2 aliphatic heterocycles. The summed E-state index contributed by atoms with van der Waals surface area (Å²) in [5.74, 6) is 0. The maximum atomic E-state index is 12.7. The van der Waals surface area contributed by atoms with Gasteiger partial charge in [0.25, 0.3) is 6.43 Å². The van der Waals surface area contributed by atoms with E-state index in [1.54, 1.807) is 12.1 Å². The molecule has 1 aromatic rings. The summed E-state index contributed by atoms with van der Waals surface area (Å²) in [6, 6.07) is 8.22. The van der Waals surface area contributed by atoms with Crippen LogP contribution in [0, 0.1) is 0 Å². The number of rotatable bonds is 3. The molecule has 2 fully saturated rings. The van der Waals surface area contributed by atoms with Crippen molar-refractivity contribution < 1.29 is 8.78 Å². The van der Waals surface area contributed by atoms with Crippen LogP contribution in [-0.2, 0) is 6.54 Å². The van der Waals surface area contributed by atoms with Crippen LogP contribution in [-0.4, -0.2) is 23.0 Å². The first-order valence-corrected chi connectivity index (χ1v) is 7.02. The van der Waals surface area contributed by atoms with Gasteiger partial charge in [-0.25, -0.2) is 8.78 Å². The number of piperidine rings is 1. The molecule has 4 heteroatoms. The monoisotopic (exact) mass is 266 g/mol. The fraction of sp³-hybridized carbons (Fsp3) is 0.600. The van der Waals surface area contributed by atoms with Crippen LogP contribution in [0.1, 0.15) is 43.2 Å². The maximum Gasteiger partial charge on any atom is 0.263 e. The molecule has 0 amide bonds. The topological polar surface area (TPSA) is 29.3 Å². The highest BCUT2D eigenvalue weighted by molar-refractivity contribution is 5.24. The summed E-state index contributed by atoms with van der Waals surface area (Å²) in [4.78, 5) is 2.47. The number of nitrogens with zero attached hydrogens (tertiary/aromatic N) is 1. The average molecular weight is 266 g/mol. The second-order valence-corrected chi connectivity index (χ2v) is 5.83. The van der Waals surface area contributed by atoms with E-state index in [1.807, 2.05) is 6.07 Å². The summed E-state index contributed by atoms with van der Waals surface area (Å²) in [5, 5.41) is 0. The number of fused-ring (bicyclic) bond motifs is 2. The van der Waals surface area contributed by atoms with Crippen molar-refractivity contribution in [1.82, 2.24) is 4.90 Å². The van der Waals surface area contributed by atoms with Gasteiger partial charge in [0.15, 0.2) is 0 Å². The Hall–Kier alpha value is -1.00. The normalized spacial score (nSPS) is 31.1. The van der Waals surface area contributed by atoms with Crippen LogP contribution in [0.15, 0.2) is 24.3 Å². The van der Waals surface area contributed by atoms with Crippen molar-refractivity contribution in [2.24, 2.45) is 5.73 Å². The van der Waals surface area contributed by atoms with Gasteiger partial charge in [0.2, 0.25) is 0 Å². The molecule has 2 N–H and O–H groups in total. The van der Waals surface area contributed by atoms with Crippen LogP contribution < -0.4 is 5.73 Å². The molecular weight excluding hydrogens is 246 g/mol. The molecule has 0 aliphatic carbocycles. The SMILES string of the molecule is NC1CC2CCC(C1)N2Cc1cccc(C(F)F)c1. The molecule has 1 aromatic carbocycles. The summed E-state index contributed by atoms with van der Waals surface area (Å²) < 4.78 is 25.4. The highest BCUT2D eigenvalue weighted by atomic mass is 19.3. The molecule has 2 nitrogen and oxygen atoms in total. The van der Waals surface area contributed by atoms with Crippen molar-refractivity contribution in [1.29, 1.82) is 0 Å². The molecule has 19 heavy (non-hydrogen) atoms. The number of halogens is 2. The Morgan fingerprint density at radius 1 is 1.21 bits per heavy atom. The first-order chi connectivity index (χ1) is 9.13. The van der Waals surface area contributed by atoms with Crippen LogP contribution in [0.3, 0.4) is 0 Å². The van der Waals surface area contributed by atoms with Gasteiger partial charge in [0.1, 0.15) is 0 Å². The lowest BCUT2D eigenvalue weighted by Gasteiger charge is -2.37. The summed E-state index contributed by atoms with van der Waals surface area (Å²) in [6.45, 7) is 0.780. The van der Waals surface area contributed by atoms with E-state index in [0.29, 0.717) is 18.1 Å². The smallest absolute Gasteiger partial charge is 0.263 e. The summed E-state index contributed by atoms with van der Waals surface area (Å²) in [7, 11) is 0. The third-order valence-corrected chi connectivity index (χ3v) is 4.49. The zero-order valence-corrected chi connectivity index (χ0v) is 10.9. The van der Waals surface area contributed by atoms with Crippen LogP contribution in [0.5, 0.6) is 0 Å². The van der Waals surface area contributed by atoms with E-state index in [1.165, 1.54) is 18.9 Å². The fourth-order valence-corrected chi connectivity index (χ4v) is 3.61. The van der Waals surface area contributed by atoms with Gasteiger partial charge in [-0.2, -0.15) is 0 Å². The molecule has 0 radical (unpaired) electrons. The number of alkyl halides is 2. The molecule has 0 aromatic heterocycles. The Kier molecular flexibility index (Phi) is 3.54.